The standard InChI is InChI=1S/C21H25NO5/c1-26-21-7-6-15(24)19-20(21)8-9-22(25,11-12-2-3-12)16(21)10-13-4-5-14(23)18(27-19)17(13)20/h4-5,12,16,19,23H,2-3,6-11H2,1H3/t16-,19?,20+,21-,22?/m1/s1. The Labute approximate surface area is 158 Å². The van der Waals surface area contributed by atoms with Gasteiger partial charge in [-0.3, -0.25) is 4.79 Å². The van der Waals surface area contributed by atoms with Crippen LogP contribution in [-0.2, 0) is 21.4 Å². The van der Waals surface area contributed by atoms with Crippen molar-refractivity contribution in [1.29, 1.82) is 0 Å². The van der Waals surface area contributed by atoms with Gasteiger partial charge in [0, 0.05) is 37.9 Å². The smallest absolute Gasteiger partial charge is 0.174 e. The van der Waals surface area contributed by atoms with Gasteiger partial charge < -0.3 is 24.4 Å². The molecular weight excluding hydrogens is 346 g/mol. The molecule has 1 aromatic carbocycles. The van der Waals surface area contributed by atoms with Gasteiger partial charge >= 0.3 is 0 Å². The first-order valence-electron chi connectivity index (χ1n) is 10.1. The number of carbonyl (C=O) groups excluding carboxylic acids is 1. The van der Waals surface area contributed by atoms with Crippen molar-refractivity contribution >= 4 is 5.78 Å². The molecule has 2 unspecified atom stereocenters. The molecule has 1 aromatic rings. The van der Waals surface area contributed by atoms with Gasteiger partial charge in [-0.2, -0.15) is 0 Å². The minimum absolute atomic E-state index is 0.0676. The quantitative estimate of drug-likeness (QED) is 0.651. The highest BCUT2D eigenvalue weighted by Gasteiger charge is 2.76. The molecule has 2 saturated carbocycles. The number of piperidine rings is 1. The van der Waals surface area contributed by atoms with E-state index in [1.54, 1.807) is 13.2 Å². The molecule has 6 nitrogen and oxygen atoms in total. The van der Waals surface area contributed by atoms with Crippen LogP contribution in [0.25, 0.3) is 0 Å². The van der Waals surface area contributed by atoms with Crippen molar-refractivity contribution in [2.45, 2.75) is 61.7 Å². The van der Waals surface area contributed by atoms with Gasteiger partial charge in [-0.1, -0.05) is 6.07 Å². The minimum Gasteiger partial charge on any atom is -0.632 e. The Balaban J connectivity index is 1.62. The molecule has 1 saturated heterocycles. The lowest BCUT2D eigenvalue weighted by atomic mass is 9.48. The number of phenols is 1. The highest BCUT2D eigenvalue weighted by Crippen LogP contribution is 2.67. The van der Waals surface area contributed by atoms with E-state index in [4.69, 9.17) is 9.47 Å². The third-order valence-electron chi connectivity index (χ3n) is 8.18. The molecule has 1 N–H and O–H groups in total. The summed E-state index contributed by atoms with van der Waals surface area (Å²) in [5.74, 6) is 1.13. The Morgan fingerprint density at radius 1 is 1.37 bits per heavy atom. The lowest BCUT2D eigenvalue weighted by Crippen LogP contribution is -2.81. The molecule has 1 spiro atoms. The van der Waals surface area contributed by atoms with Gasteiger partial charge in [0.25, 0.3) is 0 Å². The van der Waals surface area contributed by atoms with Crippen LogP contribution in [0.5, 0.6) is 11.5 Å². The number of ketones is 1. The molecule has 3 aliphatic carbocycles. The van der Waals surface area contributed by atoms with Crippen LogP contribution in [0.4, 0.5) is 0 Å². The molecule has 6 rings (SSSR count). The maximum absolute atomic E-state index is 14.1. The molecule has 2 bridgehead atoms. The second kappa shape index (κ2) is 4.85. The molecule has 0 amide bonds. The molecule has 2 heterocycles. The number of hydrogen-bond acceptors (Lipinski definition) is 5. The average molecular weight is 371 g/mol. The van der Waals surface area contributed by atoms with Crippen LogP contribution in [0.2, 0.25) is 0 Å². The van der Waals surface area contributed by atoms with Crippen molar-refractivity contribution in [3.63, 3.8) is 0 Å². The van der Waals surface area contributed by atoms with Gasteiger partial charge in [0.15, 0.2) is 23.4 Å². The van der Waals surface area contributed by atoms with E-state index < -0.39 is 17.1 Å². The fourth-order valence-corrected chi connectivity index (χ4v) is 6.93. The number of phenolic OH excluding ortho intramolecular Hbond substituents is 1. The molecule has 6 heteroatoms. The predicted octanol–water partition coefficient (Wildman–Crippen LogP) is 2.19. The van der Waals surface area contributed by atoms with Crippen LogP contribution in [0, 0.1) is 11.1 Å². The first-order valence-corrected chi connectivity index (χ1v) is 10.1. The van der Waals surface area contributed by atoms with Crippen LogP contribution in [0.3, 0.4) is 0 Å². The summed E-state index contributed by atoms with van der Waals surface area (Å²) in [4.78, 5) is 12.9. The van der Waals surface area contributed by atoms with Crippen molar-refractivity contribution < 1.29 is 24.0 Å². The van der Waals surface area contributed by atoms with Gasteiger partial charge in [-0.25, -0.2) is 0 Å². The Morgan fingerprint density at radius 3 is 2.93 bits per heavy atom. The summed E-state index contributed by atoms with van der Waals surface area (Å²) in [5, 5.41) is 24.5. The van der Waals surface area contributed by atoms with E-state index in [2.05, 4.69) is 0 Å². The zero-order valence-corrected chi connectivity index (χ0v) is 15.6. The van der Waals surface area contributed by atoms with Crippen LogP contribution in [0.15, 0.2) is 12.1 Å². The predicted molar refractivity (Wildman–Crippen MR) is 96.4 cm³/mol. The summed E-state index contributed by atoms with van der Waals surface area (Å²) in [6.45, 7) is 1.15. The molecule has 5 aliphatic rings. The Morgan fingerprint density at radius 2 is 2.19 bits per heavy atom. The number of hydrogen-bond donors (Lipinski definition) is 1. The van der Waals surface area contributed by atoms with E-state index in [0.29, 0.717) is 50.4 Å². The van der Waals surface area contributed by atoms with Crippen LogP contribution in [-0.4, -0.2) is 53.5 Å². The molecule has 0 radical (unpaired) electrons. The lowest BCUT2D eigenvalue weighted by Gasteiger charge is -2.68. The van der Waals surface area contributed by atoms with E-state index in [-0.39, 0.29) is 22.2 Å². The normalized spacial score (nSPS) is 44.0. The van der Waals surface area contributed by atoms with E-state index in [0.717, 1.165) is 24.0 Å². The number of benzene rings is 1. The number of quaternary nitrogens is 1. The van der Waals surface area contributed by atoms with E-state index in [1.807, 2.05) is 6.07 Å². The Bertz CT molecular complexity index is 866. The summed E-state index contributed by atoms with van der Waals surface area (Å²) in [6, 6.07) is 3.34. The molecule has 27 heavy (non-hydrogen) atoms. The third-order valence-corrected chi connectivity index (χ3v) is 8.18. The zero-order valence-electron chi connectivity index (χ0n) is 15.6. The van der Waals surface area contributed by atoms with Crippen LogP contribution < -0.4 is 4.74 Å². The molecular formula is C21H25NO5. The van der Waals surface area contributed by atoms with Crippen molar-refractivity contribution in [2.75, 3.05) is 20.2 Å². The number of methoxy groups -OCH3 is 1. The number of carbonyl (C=O) groups is 1. The molecule has 5 atom stereocenters. The molecule has 144 valence electrons. The number of ether oxygens (including phenoxy) is 2. The Kier molecular flexibility index (Phi) is 2.94. The van der Waals surface area contributed by atoms with Gasteiger partial charge in [0.05, 0.1) is 18.5 Å². The molecule has 2 aliphatic heterocycles. The first kappa shape index (κ1) is 16.3. The van der Waals surface area contributed by atoms with E-state index >= 15 is 0 Å². The van der Waals surface area contributed by atoms with Gasteiger partial charge in [-0.15, -0.1) is 0 Å². The largest absolute Gasteiger partial charge is 0.632 e. The van der Waals surface area contributed by atoms with E-state index in [1.165, 1.54) is 0 Å². The van der Waals surface area contributed by atoms with Gasteiger partial charge in [-0.05, 0) is 30.9 Å². The number of nitrogens with zero attached hydrogens (tertiary/aromatic N) is 1. The van der Waals surface area contributed by atoms with Crippen molar-refractivity contribution in [3.8, 4) is 11.5 Å². The lowest BCUT2D eigenvalue weighted by molar-refractivity contribution is -0.924. The number of hydroxylamine groups is 3. The second-order valence-electron chi connectivity index (χ2n) is 9.25. The summed E-state index contributed by atoms with van der Waals surface area (Å²) in [6.07, 6.45) is 3.79. The fourth-order valence-electron chi connectivity index (χ4n) is 6.93. The fraction of sp³-hybridized carbons (Fsp3) is 0.667. The maximum atomic E-state index is 14.1. The molecule has 0 aromatic heterocycles. The monoisotopic (exact) mass is 371 g/mol. The topological polar surface area (TPSA) is 78.8 Å². The summed E-state index contributed by atoms with van der Waals surface area (Å²) >= 11 is 0. The first-order chi connectivity index (χ1) is 13.0. The highest BCUT2D eigenvalue weighted by atomic mass is 16.6. The van der Waals surface area contributed by atoms with Gasteiger partial charge in [0.1, 0.15) is 11.6 Å². The van der Waals surface area contributed by atoms with Crippen molar-refractivity contribution in [2.24, 2.45) is 5.92 Å². The maximum Gasteiger partial charge on any atom is 0.174 e. The number of rotatable bonds is 3. The zero-order chi connectivity index (χ0) is 18.6. The molecule has 3 fully saturated rings. The van der Waals surface area contributed by atoms with Crippen LogP contribution >= 0.6 is 0 Å². The van der Waals surface area contributed by atoms with E-state index in [9.17, 15) is 15.1 Å². The van der Waals surface area contributed by atoms with Gasteiger partial charge in [0.2, 0.25) is 0 Å². The SMILES string of the molecule is CO[C@@]12CCC(=O)C3Oc4c(O)ccc5c4[C@@]31CC[N+]([O-])(CC1CC1)[C@@H]2C5. The number of Topliss-reactive ketones (excluding diaryl/α,β-unsaturated/α-hetero) is 1. The minimum atomic E-state index is -0.702. The van der Waals surface area contributed by atoms with Crippen LogP contribution in [0.1, 0.15) is 43.2 Å². The summed E-state index contributed by atoms with van der Waals surface area (Å²) in [5.41, 5.74) is 0.647. The summed E-state index contributed by atoms with van der Waals surface area (Å²) in [7, 11) is 1.69. The third kappa shape index (κ3) is 1.71. The number of likely N-dealkylation sites (tertiary alicyclic amines) is 1. The summed E-state index contributed by atoms with van der Waals surface area (Å²) < 4.78 is 12.2. The highest BCUT2D eigenvalue weighted by molar-refractivity contribution is 5.90. The van der Waals surface area contributed by atoms with Crippen molar-refractivity contribution in [1.82, 2.24) is 0 Å². The second-order valence-corrected chi connectivity index (χ2v) is 9.25. The Hall–Kier alpha value is -1.63. The average Bonchev–Trinajstić information content (AvgIpc) is 3.38. The number of aromatic hydroxyl groups is 1. The van der Waals surface area contributed by atoms with Crippen molar-refractivity contribution in [3.05, 3.63) is 28.5 Å².